The average molecular weight is 374 g/mol. The smallest absolute Gasteiger partial charge is 0.225 e. The van der Waals surface area contributed by atoms with E-state index in [0.29, 0.717) is 6.10 Å². The van der Waals surface area contributed by atoms with Crippen LogP contribution in [0.25, 0.3) is 0 Å². The molecular formula is C20H30N4O3. The van der Waals surface area contributed by atoms with Gasteiger partial charge in [-0.1, -0.05) is 0 Å². The van der Waals surface area contributed by atoms with Gasteiger partial charge in [-0.15, -0.1) is 0 Å². The van der Waals surface area contributed by atoms with E-state index in [0.717, 1.165) is 88.5 Å². The lowest BCUT2D eigenvalue weighted by molar-refractivity contribution is -0.127. The number of ether oxygens (including phenoxy) is 2. The second-order valence-electron chi connectivity index (χ2n) is 7.83. The standard InChI is InChI=1S/C20H30N4O3/c1-26-15-7-5-14(6-8-15)19(25)22-17-3-2-4-18-16(17)13-21-20(23-18)24-9-11-27-12-10-24/h13-15,17H,2-12H2,1H3,(H,22,25). The first-order chi connectivity index (χ1) is 13.2. The van der Waals surface area contributed by atoms with E-state index in [9.17, 15) is 4.79 Å². The maximum Gasteiger partial charge on any atom is 0.225 e. The molecule has 1 aromatic rings. The highest BCUT2D eigenvalue weighted by Gasteiger charge is 2.30. The summed E-state index contributed by atoms with van der Waals surface area (Å²) in [4.78, 5) is 24.4. The fourth-order valence-corrected chi connectivity index (χ4v) is 4.45. The molecule has 1 saturated heterocycles. The van der Waals surface area contributed by atoms with Crippen LogP contribution in [0.4, 0.5) is 5.95 Å². The zero-order chi connectivity index (χ0) is 18.6. The molecule has 0 spiro atoms. The van der Waals surface area contributed by atoms with Crippen molar-refractivity contribution < 1.29 is 14.3 Å². The van der Waals surface area contributed by atoms with Crippen molar-refractivity contribution in [3.8, 4) is 0 Å². The number of hydrogen-bond donors (Lipinski definition) is 1. The molecule has 0 bridgehead atoms. The number of fused-ring (bicyclic) bond motifs is 1. The van der Waals surface area contributed by atoms with Crippen LogP contribution in [-0.2, 0) is 20.7 Å². The molecular weight excluding hydrogens is 344 g/mol. The molecule has 2 heterocycles. The molecule has 2 aliphatic carbocycles. The van der Waals surface area contributed by atoms with Gasteiger partial charge in [-0.3, -0.25) is 4.79 Å². The van der Waals surface area contributed by atoms with Crippen LogP contribution >= 0.6 is 0 Å². The second-order valence-corrected chi connectivity index (χ2v) is 7.83. The molecule has 1 saturated carbocycles. The van der Waals surface area contributed by atoms with E-state index >= 15 is 0 Å². The Balaban J connectivity index is 1.41. The van der Waals surface area contributed by atoms with Crippen LogP contribution in [0, 0.1) is 5.92 Å². The summed E-state index contributed by atoms with van der Waals surface area (Å²) >= 11 is 0. The summed E-state index contributed by atoms with van der Waals surface area (Å²) in [6, 6.07) is 0.0418. The van der Waals surface area contributed by atoms with Crippen molar-refractivity contribution in [2.75, 3.05) is 38.3 Å². The molecule has 1 aliphatic heterocycles. The number of amides is 1. The van der Waals surface area contributed by atoms with Gasteiger partial charge >= 0.3 is 0 Å². The van der Waals surface area contributed by atoms with Gasteiger partial charge in [0.1, 0.15) is 0 Å². The first-order valence-corrected chi connectivity index (χ1v) is 10.3. The number of hydrogen-bond acceptors (Lipinski definition) is 6. The molecule has 27 heavy (non-hydrogen) atoms. The number of aromatic nitrogens is 2. The van der Waals surface area contributed by atoms with Crippen LogP contribution in [0.5, 0.6) is 0 Å². The van der Waals surface area contributed by atoms with Crippen molar-refractivity contribution in [3.63, 3.8) is 0 Å². The van der Waals surface area contributed by atoms with Gasteiger partial charge in [-0.2, -0.15) is 0 Å². The third-order valence-corrected chi connectivity index (χ3v) is 6.16. The van der Waals surface area contributed by atoms with Crippen molar-refractivity contribution in [2.24, 2.45) is 5.92 Å². The number of rotatable bonds is 4. The molecule has 1 amide bonds. The van der Waals surface area contributed by atoms with Gasteiger partial charge < -0.3 is 19.7 Å². The molecule has 1 aromatic heterocycles. The number of morpholine rings is 1. The number of carbonyl (C=O) groups is 1. The third-order valence-electron chi connectivity index (χ3n) is 6.16. The summed E-state index contributed by atoms with van der Waals surface area (Å²) in [5, 5.41) is 3.28. The Kier molecular flexibility index (Phi) is 5.88. The van der Waals surface area contributed by atoms with E-state index in [-0.39, 0.29) is 17.9 Å². The van der Waals surface area contributed by atoms with Gasteiger partial charge in [0.15, 0.2) is 0 Å². The number of methoxy groups -OCH3 is 1. The van der Waals surface area contributed by atoms with Crippen molar-refractivity contribution in [3.05, 3.63) is 17.5 Å². The Bertz CT molecular complexity index is 655. The lowest BCUT2D eigenvalue weighted by Crippen LogP contribution is -2.39. The normalized spacial score (nSPS) is 28.5. The zero-order valence-corrected chi connectivity index (χ0v) is 16.2. The Morgan fingerprint density at radius 3 is 2.74 bits per heavy atom. The van der Waals surface area contributed by atoms with E-state index < -0.39 is 0 Å². The van der Waals surface area contributed by atoms with Crippen LogP contribution in [0.15, 0.2) is 6.20 Å². The molecule has 148 valence electrons. The molecule has 3 aliphatic rings. The van der Waals surface area contributed by atoms with E-state index in [1.165, 1.54) is 0 Å². The maximum atomic E-state index is 12.8. The summed E-state index contributed by atoms with van der Waals surface area (Å²) in [7, 11) is 1.76. The summed E-state index contributed by atoms with van der Waals surface area (Å²) in [6.45, 7) is 3.13. The Morgan fingerprint density at radius 2 is 2.00 bits per heavy atom. The lowest BCUT2D eigenvalue weighted by Gasteiger charge is -2.31. The SMILES string of the molecule is COC1CCC(C(=O)NC2CCCc3nc(N4CCOCC4)ncc32)CC1. The molecule has 1 atom stereocenters. The minimum Gasteiger partial charge on any atom is -0.381 e. The van der Waals surface area contributed by atoms with Gasteiger partial charge in [-0.25, -0.2) is 9.97 Å². The highest BCUT2D eigenvalue weighted by atomic mass is 16.5. The van der Waals surface area contributed by atoms with Crippen molar-refractivity contribution >= 4 is 11.9 Å². The molecule has 1 N–H and O–H groups in total. The predicted molar refractivity (Wildman–Crippen MR) is 102 cm³/mol. The van der Waals surface area contributed by atoms with E-state index in [2.05, 4.69) is 15.2 Å². The second kappa shape index (κ2) is 8.52. The van der Waals surface area contributed by atoms with Crippen LogP contribution in [0.3, 0.4) is 0 Å². The Hall–Kier alpha value is -1.73. The Labute approximate surface area is 160 Å². The maximum absolute atomic E-state index is 12.8. The number of nitrogens with zero attached hydrogens (tertiary/aromatic N) is 3. The summed E-state index contributed by atoms with van der Waals surface area (Å²) in [5.41, 5.74) is 2.18. The molecule has 0 aromatic carbocycles. The van der Waals surface area contributed by atoms with E-state index in [4.69, 9.17) is 14.5 Å². The first-order valence-electron chi connectivity index (χ1n) is 10.3. The summed E-state index contributed by atoms with van der Waals surface area (Å²) < 4.78 is 10.8. The minimum atomic E-state index is 0.0418. The van der Waals surface area contributed by atoms with Crippen molar-refractivity contribution in [1.29, 1.82) is 0 Å². The quantitative estimate of drug-likeness (QED) is 0.869. The molecule has 1 unspecified atom stereocenters. The molecule has 0 radical (unpaired) electrons. The number of nitrogens with one attached hydrogen (secondary N) is 1. The number of aryl methyl sites for hydroxylation is 1. The number of anilines is 1. The fourth-order valence-electron chi connectivity index (χ4n) is 4.45. The van der Waals surface area contributed by atoms with Crippen LogP contribution in [-0.4, -0.2) is 55.4 Å². The lowest BCUT2D eigenvalue weighted by atomic mass is 9.85. The largest absolute Gasteiger partial charge is 0.381 e. The van der Waals surface area contributed by atoms with Gasteiger partial charge in [-0.05, 0) is 44.9 Å². The Morgan fingerprint density at radius 1 is 1.22 bits per heavy atom. The van der Waals surface area contributed by atoms with Crippen molar-refractivity contribution in [1.82, 2.24) is 15.3 Å². The van der Waals surface area contributed by atoms with Crippen molar-refractivity contribution in [2.45, 2.75) is 57.1 Å². The third kappa shape index (κ3) is 4.24. The van der Waals surface area contributed by atoms with Gasteiger partial charge in [0, 0.05) is 37.9 Å². The predicted octanol–water partition coefficient (Wildman–Crippen LogP) is 2.01. The molecule has 7 nitrogen and oxygen atoms in total. The molecule has 7 heteroatoms. The minimum absolute atomic E-state index is 0.0418. The zero-order valence-electron chi connectivity index (χ0n) is 16.2. The average Bonchev–Trinajstić information content (AvgIpc) is 2.74. The van der Waals surface area contributed by atoms with E-state index in [1.807, 2.05) is 6.20 Å². The van der Waals surface area contributed by atoms with Gasteiger partial charge in [0.25, 0.3) is 0 Å². The monoisotopic (exact) mass is 374 g/mol. The highest BCUT2D eigenvalue weighted by molar-refractivity contribution is 5.79. The fraction of sp³-hybridized carbons (Fsp3) is 0.750. The first kappa shape index (κ1) is 18.6. The van der Waals surface area contributed by atoms with Crippen LogP contribution in [0.2, 0.25) is 0 Å². The summed E-state index contributed by atoms with van der Waals surface area (Å²) in [5.74, 6) is 1.08. The molecule has 4 rings (SSSR count). The number of carbonyl (C=O) groups excluding carboxylic acids is 1. The van der Waals surface area contributed by atoms with Crippen LogP contribution in [0.1, 0.15) is 55.8 Å². The summed E-state index contributed by atoms with van der Waals surface area (Å²) in [6.07, 6.45) is 8.99. The van der Waals surface area contributed by atoms with Crippen LogP contribution < -0.4 is 10.2 Å². The van der Waals surface area contributed by atoms with Gasteiger partial charge in [0.05, 0.1) is 31.1 Å². The van der Waals surface area contributed by atoms with Gasteiger partial charge in [0.2, 0.25) is 11.9 Å². The molecule has 2 fully saturated rings. The van der Waals surface area contributed by atoms with E-state index in [1.54, 1.807) is 7.11 Å². The highest BCUT2D eigenvalue weighted by Crippen LogP contribution is 2.31. The topological polar surface area (TPSA) is 76.6 Å².